The van der Waals surface area contributed by atoms with Gasteiger partial charge in [-0.1, -0.05) is 76.8 Å². The van der Waals surface area contributed by atoms with Gasteiger partial charge in [0, 0.05) is 18.7 Å². The van der Waals surface area contributed by atoms with Crippen molar-refractivity contribution in [3.63, 3.8) is 0 Å². The van der Waals surface area contributed by atoms with E-state index >= 15 is 0 Å². The number of hydroxylamine groups is 1. The highest BCUT2D eigenvalue weighted by atomic mass is 16.5. The van der Waals surface area contributed by atoms with Crippen LogP contribution in [0, 0.1) is 0 Å². The van der Waals surface area contributed by atoms with Gasteiger partial charge in [0.1, 0.15) is 6.61 Å². The van der Waals surface area contributed by atoms with Crippen LogP contribution in [0.4, 0.5) is 5.69 Å². The first kappa shape index (κ1) is 27.1. The summed E-state index contributed by atoms with van der Waals surface area (Å²) in [7, 11) is 0. The van der Waals surface area contributed by atoms with Gasteiger partial charge in [-0.3, -0.25) is 14.8 Å². The Morgan fingerprint density at radius 1 is 0.806 bits per heavy atom. The summed E-state index contributed by atoms with van der Waals surface area (Å²) in [5, 5.41) is 11.2. The Morgan fingerprint density at radius 3 is 2.03 bits per heavy atom. The van der Waals surface area contributed by atoms with Gasteiger partial charge in [0.2, 0.25) is 11.8 Å². The molecule has 0 aliphatic heterocycles. The summed E-state index contributed by atoms with van der Waals surface area (Å²) in [6.07, 6.45) is 16.1. The van der Waals surface area contributed by atoms with E-state index in [4.69, 9.17) is 9.94 Å². The fourth-order valence-electron chi connectivity index (χ4n) is 3.48. The van der Waals surface area contributed by atoms with Crippen LogP contribution in [-0.4, -0.2) is 30.2 Å². The van der Waals surface area contributed by atoms with Crippen molar-refractivity contribution in [3.05, 3.63) is 29.8 Å². The number of amides is 2. The van der Waals surface area contributed by atoms with E-state index in [-0.39, 0.29) is 18.9 Å². The van der Waals surface area contributed by atoms with Crippen molar-refractivity contribution >= 4 is 17.5 Å². The summed E-state index contributed by atoms with van der Waals surface area (Å²) >= 11 is 0. The van der Waals surface area contributed by atoms with Crippen LogP contribution in [0.3, 0.4) is 0 Å². The molecule has 31 heavy (non-hydrogen) atoms. The minimum absolute atomic E-state index is 0.00739. The van der Waals surface area contributed by atoms with E-state index < -0.39 is 5.91 Å². The van der Waals surface area contributed by atoms with Gasteiger partial charge in [-0.25, -0.2) is 5.48 Å². The molecule has 6 heteroatoms. The number of carbonyl (C=O) groups is 2. The molecule has 3 N–H and O–H groups in total. The maximum absolute atomic E-state index is 11.9. The maximum Gasteiger partial charge on any atom is 0.250 e. The first-order chi connectivity index (χ1) is 15.2. The second-order valence-electron chi connectivity index (χ2n) is 8.22. The van der Waals surface area contributed by atoms with E-state index in [9.17, 15) is 9.59 Å². The second kappa shape index (κ2) is 18.8. The molecule has 176 valence electrons. The molecule has 1 aromatic rings. The highest BCUT2D eigenvalue weighted by molar-refractivity contribution is 5.91. The lowest BCUT2D eigenvalue weighted by Gasteiger charge is -2.08. The lowest BCUT2D eigenvalue weighted by atomic mass is 10.0. The van der Waals surface area contributed by atoms with E-state index in [1.165, 1.54) is 69.8 Å². The van der Waals surface area contributed by atoms with Crippen LogP contribution in [0.5, 0.6) is 0 Å². The van der Waals surface area contributed by atoms with Gasteiger partial charge in [0.25, 0.3) is 0 Å². The maximum atomic E-state index is 11.9. The van der Waals surface area contributed by atoms with E-state index in [1.54, 1.807) is 5.48 Å². The summed E-state index contributed by atoms with van der Waals surface area (Å²) in [5.74, 6) is -0.593. The zero-order chi connectivity index (χ0) is 22.6. The Balaban J connectivity index is 2.04. The van der Waals surface area contributed by atoms with Gasteiger partial charge in [0.05, 0.1) is 0 Å². The van der Waals surface area contributed by atoms with Gasteiger partial charge < -0.3 is 10.1 Å². The van der Waals surface area contributed by atoms with Crippen LogP contribution < -0.4 is 10.8 Å². The van der Waals surface area contributed by atoms with Crippen molar-refractivity contribution in [3.8, 4) is 0 Å². The Labute approximate surface area is 188 Å². The molecule has 6 nitrogen and oxygen atoms in total. The average Bonchev–Trinajstić information content (AvgIpc) is 2.78. The molecule has 0 aromatic heterocycles. The number of nitrogens with one attached hydrogen (secondary N) is 2. The number of unbranched alkanes of at least 4 members (excludes halogenated alkanes) is 10. The van der Waals surface area contributed by atoms with Gasteiger partial charge in [-0.05, 0) is 43.4 Å². The summed E-state index contributed by atoms with van der Waals surface area (Å²) in [5.41, 5.74) is 3.67. The molecule has 0 atom stereocenters. The molecule has 0 heterocycles. The highest BCUT2D eigenvalue weighted by Gasteiger charge is 2.04. The molecule has 0 saturated heterocycles. The minimum Gasteiger partial charge on any atom is -0.372 e. The molecule has 1 aromatic carbocycles. The van der Waals surface area contributed by atoms with Gasteiger partial charge >= 0.3 is 0 Å². The Kier molecular flexibility index (Phi) is 16.5. The van der Waals surface area contributed by atoms with Crippen LogP contribution in [-0.2, 0) is 20.7 Å². The summed E-state index contributed by atoms with van der Waals surface area (Å²) in [6.45, 7) is 2.66. The SMILES string of the molecule is CCCCCCCCCCCCc1ccc(NC(=O)COCCCCC(=O)NO)cc1. The largest absolute Gasteiger partial charge is 0.372 e. The number of benzene rings is 1. The predicted octanol–water partition coefficient (Wildman–Crippen LogP) is 5.78. The zero-order valence-electron chi connectivity index (χ0n) is 19.3. The topological polar surface area (TPSA) is 87.7 Å². The molecule has 0 radical (unpaired) electrons. The number of carbonyl (C=O) groups excluding carboxylic acids is 2. The van der Waals surface area contributed by atoms with Crippen molar-refractivity contribution in [1.29, 1.82) is 0 Å². The Bertz CT molecular complexity index is 590. The summed E-state index contributed by atoms with van der Waals surface area (Å²) < 4.78 is 5.32. The van der Waals surface area contributed by atoms with E-state index in [0.29, 0.717) is 19.4 Å². The van der Waals surface area contributed by atoms with Crippen LogP contribution in [0.2, 0.25) is 0 Å². The zero-order valence-corrected chi connectivity index (χ0v) is 19.3. The summed E-state index contributed by atoms with van der Waals surface area (Å²) in [6, 6.07) is 8.04. The van der Waals surface area contributed by atoms with Crippen molar-refractivity contribution in [2.45, 2.75) is 96.8 Å². The Hall–Kier alpha value is -1.92. The number of hydrogen-bond acceptors (Lipinski definition) is 4. The van der Waals surface area contributed by atoms with Crippen molar-refractivity contribution in [2.75, 3.05) is 18.5 Å². The lowest BCUT2D eigenvalue weighted by molar-refractivity contribution is -0.129. The van der Waals surface area contributed by atoms with Crippen LogP contribution in [0.1, 0.15) is 96.0 Å². The molecular weight excluding hydrogens is 392 g/mol. The van der Waals surface area contributed by atoms with Crippen molar-refractivity contribution < 1.29 is 19.5 Å². The molecule has 0 unspecified atom stereocenters. The molecular formula is C25H42N2O4. The molecule has 0 aliphatic rings. The van der Waals surface area contributed by atoms with Gasteiger partial charge in [-0.2, -0.15) is 0 Å². The van der Waals surface area contributed by atoms with Crippen LogP contribution in [0.15, 0.2) is 24.3 Å². The summed E-state index contributed by atoms with van der Waals surface area (Å²) in [4.78, 5) is 22.8. The molecule has 0 spiro atoms. The minimum atomic E-state index is -0.408. The molecule has 0 fully saturated rings. The molecule has 0 saturated carbocycles. The normalized spacial score (nSPS) is 10.8. The van der Waals surface area contributed by atoms with E-state index in [2.05, 4.69) is 24.4 Å². The molecule has 0 aliphatic carbocycles. The first-order valence-electron chi connectivity index (χ1n) is 12.0. The monoisotopic (exact) mass is 434 g/mol. The van der Waals surface area contributed by atoms with Gasteiger partial charge in [0.15, 0.2) is 0 Å². The highest BCUT2D eigenvalue weighted by Crippen LogP contribution is 2.14. The number of aryl methyl sites for hydroxylation is 1. The number of rotatable bonds is 19. The quantitative estimate of drug-likeness (QED) is 0.146. The van der Waals surface area contributed by atoms with Crippen LogP contribution in [0.25, 0.3) is 0 Å². The Morgan fingerprint density at radius 2 is 1.42 bits per heavy atom. The van der Waals surface area contributed by atoms with E-state index in [1.807, 2.05) is 12.1 Å². The number of ether oxygens (including phenoxy) is 1. The predicted molar refractivity (Wildman–Crippen MR) is 125 cm³/mol. The fraction of sp³-hybridized carbons (Fsp3) is 0.680. The second-order valence-corrected chi connectivity index (χ2v) is 8.22. The van der Waals surface area contributed by atoms with Crippen LogP contribution >= 0.6 is 0 Å². The molecule has 1 rings (SSSR count). The third-order valence-corrected chi connectivity index (χ3v) is 5.36. The number of hydrogen-bond donors (Lipinski definition) is 3. The standard InChI is InChI=1S/C25H42N2O4/c1-2-3-4-5-6-7-8-9-10-11-14-22-16-18-23(19-17-22)26-25(29)21-31-20-13-12-15-24(28)27-30/h16-19,30H,2-15,20-21H2,1H3,(H,26,29)(H,27,28). The average molecular weight is 435 g/mol. The van der Waals surface area contributed by atoms with Gasteiger partial charge in [-0.15, -0.1) is 0 Å². The smallest absolute Gasteiger partial charge is 0.250 e. The third-order valence-electron chi connectivity index (χ3n) is 5.36. The van der Waals surface area contributed by atoms with Crippen molar-refractivity contribution in [1.82, 2.24) is 5.48 Å². The third kappa shape index (κ3) is 15.5. The van der Waals surface area contributed by atoms with Crippen molar-refractivity contribution in [2.24, 2.45) is 0 Å². The molecule has 2 amide bonds. The molecule has 0 bridgehead atoms. The lowest BCUT2D eigenvalue weighted by Crippen LogP contribution is -2.19. The fourth-order valence-corrected chi connectivity index (χ4v) is 3.48. The van der Waals surface area contributed by atoms with E-state index in [0.717, 1.165) is 12.1 Å². The number of anilines is 1. The first-order valence-corrected chi connectivity index (χ1v) is 12.0.